The van der Waals surface area contributed by atoms with Crippen molar-refractivity contribution in [2.75, 3.05) is 26.7 Å². The molecule has 1 unspecified atom stereocenters. The van der Waals surface area contributed by atoms with Crippen molar-refractivity contribution in [3.8, 4) is 11.1 Å². The van der Waals surface area contributed by atoms with Crippen molar-refractivity contribution in [2.45, 2.75) is 13.3 Å². The molecule has 1 fully saturated rings. The predicted octanol–water partition coefficient (Wildman–Crippen LogP) is 4.04. The van der Waals surface area contributed by atoms with Gasteiger partial charge in [-0.2, -0.15) is 0 Å². The third-order valence-corrected chi connectivity index (χ3v) is 4.76. The predicted molar refractivity (Wildman–Crippen MR) is 102 cm³/mol. The van der Waals surface area contributed by atoms with Gasteiger partial charge in [0.25, 0.3) is 5.91 Å². The van der Waals surface area contributed by atoms with Gasteiger partial charge in [-0.3, -0.25) is 4.79 Å². The summed E-state index contributed by atoms with van der Waals surface area (Å²) in [5.74, 6) is -0.509. The molecule has 0 spiro atoms. The summed E-state index contributed by atoms with van der Waals surface area (Å²) < 4.78 is 27.8. The number of likely N-dealkylation sites (tertiary alicyclic amines) is 1. The van der Waals surface area contributed by atoms with Gasteiger partial charge >= 0.3 is 0 Å². The molecule has 0 aromatic heterocycles. The maximum Gasteiger partial charge on any atom is 0.253 e. The Balaban J connectivity index is 0.00000243. The number of nitrogens with zero attached hydrogens (tertiary/aromatic N) is 1. The van der Waals surface area contributed by atoms with E-state index in [1.54, 1.807) is 30.0 Å². The molecule has 0 aliphatic carbocycles. The molecular weight excluding hydrogens is 358 g/mol. The Morgan fingerprint density at radius 2 is 1.92 bits per heavy atom. The highest BCUT2D eigenvalue weighted by molar-refractivity contribution is 5.95. The summed E-state index contributed by atoms with van der Waals surface area (Å²) in [6, 6.07) is 8.78. The van der Waals surface area contributed by atoms with E-state index in [0.717, 1.165) is 13.0 Å². The van der Waals surface area contributed by atoms with E-state index in [1.807, 2.05) is 7.05 Å². The Labute approximate surface area is 158 Å². The van der Waals surface area contributed by atoms with E-state index in [9.17, 15) is 13.6 Å². The topological polar surface area (TPSA) is 32.3 Å². The van der Waals surface area contributed by atoms with Crippen LogP contribution in [0, 0.1) is 24.5 Å². The van der Waals surface area contributed by atoms with E-state index in [-0.39, 0.29) is 24.1 Å². The Hall–Kier alpha value is -1.98. The van der Waals surface area contributed by atoms with Crippen molar-refractivity contribution in [2.24, 2.45) is 5.92 Å². The molecule has 6 heteroatoms. The van der Waals surface area contributed by atoms with Crippen LogP contribution in [-0.4, -0.2) is 37.5 Å². The molecular formula is C20H23ClF2N2O. The summed E-state index contributed by atoms with van der Waals surface area (Å²) >= 11 is 0. The number of carbonyl (C=O) groups is 1. The highest BCUT2D eigenvalue weighted by atomic mass is 35.5. The third kappa shape index (κ3) is 4.22. The van der Waals surface area contributed by atoms with Crippen LogP contribution in [0.25, 0.3) is 11.1 Å². The molecule has 1 aliphatic rings. The summed E-state index contributed by atoms with van der Waals surface area (Å²) in [6.07, 6.45) is 0.960. The van der Waals surface area contributed by atoms with Gasteiger partial charge in [-0.25, -0.2) is 8.78 Å². The average Bonchev–Trinajstić information content (AvgIpc) is 3.04. The monoisotopic (exact) mass is 380 g/mol. The maximum absolute atomic E-state index is 14.6. The van der Waals surface area contributed by atoms with Crippen molar-refractivity contribution in [3.05, 3.63) is 59.2 Å². The van der Waals surface area contributed by atoms with E-state index in [0.29, 0.717) is 41.3 Å². The van der Waals surface area contributed by atoms with Gasteiger partial charge in [-0.15, -0.1) is 12.4 Å². The molecule has 3 nitrogen and oxygen atoms in total. The number of carbonyl (C=O) groups excluding carboxylic acids is 1. The fraction of sp³-hybridized carbons (Fsp3) is 0.350. The van der Waals surface area contributed by atoms with Gasteiger partial charge in [0, 0.05) is 24.2 Å². The van der Waals surface area contributed by atoms with Crippen molar-refractivity contribution in [1.82, 2.24) is 10.2 Å². The number of hydrogen-bond acceptors (Lipinski definition) is 2. The molecule has 140 valence electrons. The first-order chi connectivity index (χ1) is 12.0. The first-order valence-corrected chi connectivity index (χ1v) is 8.49. The van der Waals surface area contributed by atoms with Crippen LogP contribution in [0.4, 0.5) is 8.78 Å². The van der Waals surface area contributed by atoms with E-state index in [2.05, 4.69) is 5.32 Å². The number of hydrogen-bond donors (Lipinski definition) is 1. The van der Waals surface area contributed by atoms with Crippen molar-refractivity contribution < 1.29 is 13.6 Å². The minimum atomic E-state index is -0.466. The van der Waals surface area contributed by atoms with Crippen molar-refractivity contribution in [1.29, 1.82) is 0 Å². The van der Waals surface area contributed by atoms with Gasteiger partial charge in [-0.05, 0) is 68.2 Å². The molecule has 2 aromatic carbocycles. The van der Waals surface area contributed by atoms with Crippen LogP contribution in [0.3, 0.4) is 0 Å². The number of halogens is 3. The molecule has 26 heavy (non-hydrogen) atoms. The lowest BCUT2D eigenvalue weighted by Crippen LogP contribution is -2.30. The second kappa shape index (κ2) is 8.60. The zero-order chi connectivity index (χ0) is 18.0. The van der Waals surface area contributed by atoms with Crippen LogP contribution in [0.2, 0.25) is 0 Å². The number of amides is 1. The maximum atomic E-state index is 14.6. The molecule has 1 saturated heterocycles. The average molecular weight is 381 g/mol. The highest BCUT2D eigenvalue weighted by Crippen LogP contribution is 2.28. The molecule has 0 bridgehead atoms. The first kappa shape index (κ1) is 20.3. The summed E-state index contributed by atoms with van der Waals surface area (Å²) in [4.78, 5) is 14.4. The van der Waals surface area contributed by atoms with E-state index in [1.165, 1.54) is 18.2 Å². The number of aryl methyl sites for hydroxylation is 1. The normalized spacial score (nSPS) is 16.5. The van der Waals surface area contributed by atoms with Crippen molar-refractivity contribution in [3.63, 3.8) is 0 Å². The second-order valence-electron chi connectivity index (χ2n) is 6.62. The zero-order valence-corrected chi connectivity index (χ0v) is 15.7. The number of nitrogens with one attached hydrogen (secondary N) is 1. The molecule has 0 radical (unpaired) electrons. The van der Waals surface area contributed by atoms with Crippen molar-refractivity contribution >= 4 is 18.3 Å². The quantitative estimate of drug-likeness (QED) is 0.868. The van der Waals surface area contributed by atoms with E-state index in [4.69, 9.17) is 0 Å². The van der Waals surface area contributed by atoms with Crippen LogP contribution >= 0.6 is 12.4 Å². The van der Waals surface area contributed by atoms with E-state index < -0.39 is 5.82 Å². The largest absolute Gasteiger partial charge is 0.338 e. The van der Waals surface area contributed by atoms with Crippen LogP contribution in [0.5, 0.6) is 0 Å². The Kier molecular flexibility index (Phi) is 6.73. The minimum Gasteiger partial charge on any atom is -0.338 e. The lowest BCUT2D eigenvalue weighted by molar-refractivity contribution is 0.0786. The summed E-state index contributed by atoms with van der Waals surface area (Å²) in [5.41, 5.74) is 2.02. The summed E-state index contributed by atoms with van der Waals surface area (Å²) in [5, 5.41) is 3.13. The van der Waals surface area contributed by atoms with Gasteiger partial charge in [0.05, 0.1) is 0 Å². The van der Waals surface area contributed by atoms with Crippen LogP contribution in [0.15, 0.2) is 36.4 Å². The Morgan fingerprint density at radius 1 is 1.19 bits per heavy atom. The first-order valence-electron chi connectivity index (χ1n) is 8.49. The molecule has 1 atom stereocenters. The van der Waals surface area contributed by atoms with Crippen LogP contribution in [-0.2, 0) is 0 Å². The fourth-order valence-electron chi connectivity index (χ4n) is 3.45. The minimum absolute atomic E-state index is 0. The van der Waals surface area contributed by atoms with Gasteiger partial charge in [0.1, 0.15) is 11.6 Å². The standard InChI is InChI=1S/C20H22F2N2O.ClH/c1-13-9-16(21)4-6-17(13)18-5-3-15(10-19(18)22)20(25)24-8-7-14(12-24)11-23-2;/h3-6,9-10,14,23H,7-8,11-12H2,1-2H3;1H. The van der Waals surface area contributed by atoms with Gasteiger partial charge in [0.15, 0.2) is 0 Å². The fourth-order valence-corrected chi connectivity index (χ4v) is 3.45. The molecule has 1 aliphatic heterocycles. The summed E-state index contributed by atoms with van der Waals surface area (Å²) in [6.45, 7) is 4.01. The summed E-state index contributed by atoms with van der Waals surface area (Å²) in [7, 11) is 1.90. The smallest absolute Gasteiger partial charge is 0.253 e. The zero-order valence-electron chi connectivity index (χ0n) is 14.9. The highest BCUT2D eigenvalue weighted by Gasteiger charge is 2.27. The molecule has 0 saturated carbocycles. The number of benzene rings is 2. The molecule has 1 heterocycles. The van der Waals surface area contributed by atoms with Crippen LogP contribution < -0.4 is 5.32 Å². The molecule has 1 N–H and O–H groups in total. The Morgan fingerprint density at radius 3 is 2.58 bits per heavy atom. The van der Waals surface area contributed by atoms with Gasteiger partial charge in [0.2, 0.25) is 0 Å². The van der Waals surface area contributed by atoms with E-state index >= 15 is 0 Å². The second-order valence-corrected chi connectivity index (χ2v) is 6.62. The lowest BCUT2D eigenvalue weighted by Gasteiger charge is -2.17. The van der Waals surface area contributed by atoms with Crippen LogP contribution in [0.1, 0.15) is 22.3 Å². The number of rotatable bonds is 4. The molecule has 2 aromatic rings. The third-order valence-electron chi connectivity index (χ3n) is 4.76. The lowest BCUT2D eigenvalue weighted by atomic mass is 9.98. The molecule has 1 amide bonds. The SMILES string of the molecule is CNCC1CCN(C(=O)c2ccc(-c3ccc(F)cc3C)c(F)c2)C1.Cl. The molecule has 3 rings (SSSR count). The van der Waals surface area contributed by atoms with Gasteiger partial charge in [-0.1, -0.05) is 12.1 Å². The van der Waals surface area contributed by atoms with Gasteiger partial charge < -0.3 is 10.2 Å². The Bertz CT molecular complexity index is 797.